The van der Waals surface area contributed by atoms with Gasteiger partial charge < -0.3 is 10.4 Å². The summed E-state index contributed by atoms with van der Waals surface area (Å²) < 4.78 is 28.3. The molecule has 9 heteroatoms. The number of allylic oxidation sites excluding steroid dienone is 1. The van der Waals surface area contributed by atoms with Crippen molar-refractivity contribution in [1.82, 2.24) is 20.2 Å². The summed E-state index contributed by atoms with van der Waals surface area (Å²) in [5, 5.41) is 22.1. The molecule has 0 bridgehead atoms. The van der Waals surface area contributed by atoms with Crippen molar-refractivity contribution in [3.8, 4) is 0 Å². The van der Waals surface area contributed by atoms with E-state index < -0.39 is 23.6 Å². The number of fused-ring (bicyclic) bond motifs is 1. The van der Waals surface area contributed by atoms with E-state index in [1.165, 1.54) is 10.8 Å². The number of aliphatic carboxylic acids is 1. The second kappa shape index (κ2) is 4.37. The molecule has 1 aromatic carbocycles. The zero-order chi connectivity index (χ0) is 14.3. The van der Waals surface area contributed by atoms with Crippen molar-refractivity contribution in [2.24, 2.45) is 0 Å². The van der Waals surface area contributed by atoms with E-state index in [-0.39, 0.29) is 17.2 Å². The zero-order valence-corrected chi connectivity index (χ0v) is 9.79. The Kier molecular flexibility index (Phi) is 2.67. The third kappa shape index (κ3) is 1.88. The van der Waals surface area contributed by atoms with Gasteiger partial charge in [-0.3, -0.25) is 0 Å². The van der Waals surface area contributed by atoms with Gasteiger partial charge in [-0.15, -0.1) is 0 Å². The molecule has 0 aliphatic carbocycles. The average Bonchev–Trinajstić information content (AvgIpc) is 2.88. The van der Waals surface area contributed by atoms with Crippen LogP contribution in [0.15, 0.2) is 30.0 Å². The predicted octanol–water partition coefficient (Wildman–Crippen LogP) is 0.935. The van der Waals surface area contributed by atoms with Gasteiger partial charge in [0.05, 0.1) is 0 Å². The molecule has 0 amide bonds. The Hall–Kier alpha value is -2.84. The maximum Gasteiger partial charge on any atom is 0.352 e. The molecule has 20 heavy (non-hydrogen) atoms. The second-order valence-corrected chi connectivity index (χ2v) is 4.07. The van der Waals surface area contributed by atoms with Crippen LogP contribution in [-0.4, -0.2) is 31.3 Å². The van der Waals surface area contributed by atoms with Gasteiger partial charge in [-0.25, -0.2) is 13.6 Å². The Bertz CT molecular complexity index is 727. The van der Waals surface area contributed by atoms with Crippen molar-refractivity contribution in [3.63, 3.8) is 0 Å². The smallest absolute Gasteiger partial charge is 0.352 e. The number of hydrogen-bond donors (Lipinski definition) is 2. The van der Waals surface area contributed by atoms with Gasteiger partial charge in [0.1, 0.15) is 23.4 Å². The minimum Gasteiger partial charge on any atom is -0.477 e. The molecule has 0 fully saturated rings. The van der Waals surface area contributed by atoms with E-state index in [0.29, 0.717) is 0 Å². The van der Waals surface area contributed by atoms with E-state index in [1.54, 1.807) is 0 Å². The van der Waals surface area contributed by atoms with Gasteiger partial charge in [-0.2, -0.15) is 4.68 Å². The highest BCUT2D eigenvalue weighted by Gasteiger charge is 2.28. The number of nitrogens with one attached hydrogen (secondary N) is 1. The van der Waals surface area contributed by atoms with Gasteiger partial charge in [-0.05, 0) is 34.7 Å². The van der Waals surface area contributed by atoms with Crippen molar-refractivity contribution < 1.29 is 18.7 Å². The van der Waals surface area contributed by atoms with Crippen molar-refractivity contribution in [2.75, 3.05) is 5.32 Å². The lowest BCUT2D eigenvalue weighted by atomic mass is 10.0. The Morgan fingerprint density at radius 2 is 2.20 bits per heavy atom. The lowest BCUT2D eigenvalue weighted by Gasteiger charge is -2.21. The van der Waals surface area contributed by atoms with E-state index >= 15 is 0 Å². The number of nitrogens with zero attached hydrogens (tertiary/aromatic N) is 4. The normalized spacial score (nSPS) is 17.1. The van der Waals surface area contributed by atoms with Crippen LogP contribution in [0.5, 0.6) is 0 Å². The highest BCUT2D eigenvalue weighted by molar-refractivity contribution is 5.90. The largest absolute Gasteiger partial charge is 0.477 e. The van der Waals surface area contributed by atoms with Crippen molar-refractivity contribution in [3.05, 3.63) is 47.2 Å². The average molecular weight is 279 g/mol. The lowest BCUT2D eigenvalue weighted by Crippen LogP contribution is -2.25. The minimum atomic E-state index is -1.25. The molecule has 1 aliphatic heterocycles. The number of carboxylic acid groups (broad SMARTS) is 1. The van der Waals surface area contributed by atoms with Crippen LogP contribution in [0.25, 0.3) is 0 Å². The molecule has 0 spiro atoms. The molecule has 2 aromatic rings. The van der Waals surface area contributed by atoms with E-state index in [1.807, 2.05) is 0 Å². The predicted molar refractivity (Wildman–Crippen MR) is 61.7 cm³/mol. The maximum atomic E-state index is 13.8. The van der Waals surface area contributed by atoms with Crippen molar-refractivity contribution in [2.45, 2.75) is 6.04 Å². The molecule has 0 saturated heterocycles. The first-order chi connectivity index (χ1) is 9.56. The van der Waals surface area contributed by atoms with E-state index in [0.717, 1.165) is 18.2 Å². The number of hydrogen-bond acceptors (Lipinski definition) is 5. The van der Waals surface area contributed by atoms with Gasteiger partial charge in [-0.1, -0.05) is 5.10 Å². The lowest BCUT2D eigenvalue weighted by molar-refractivity contribution is -0.132. The van der Waals surface area contributed by atoms with Crippen molar-refractivity contribution in [1.29, 1.82) is 0 Å². The van der Waals surface area contributed by atoms with Crippen LogP contribution in [0.4, 0.5) is 14.7 Å². The van der Waals surface area contributed by atoms with E-state index in [9.17, 15) is 13.6 Å². The molecule has 1 aliphatic rings. The minimum absolute atomic E-state index is 0.0403. The molecule has 7 nitrogen and oxygen atoms in total. The highest BCUT2D eigenvalue weighted by Crippen LogP contribution is 2.29. The topological polar surface area (TPSA) is 92.9 Å². The summed E-state index contributed by atoms with van der Waals surface area (Å²) in [5.41, 5.74) is -0.264. The van der Waals surface area contributed by atoms with Crippen LogP contribution in [0.2, 0.25) is 0 Å². The summed E-state index contributed by atoms with van der Waals surface area (Å²) in [6.45, 7) is 0. The fraction of sp³-hybridized carbons (Fsp3) is 0.0909. The first-order valence-corrected chi connectivity index (χ1v) is 5.51. The molecule has 2 heterocycles. The molecule has 102 valence electrons. The quantitative estimate of drug-likeness (QED) is 0.849. The Morgan fingerprint density at radius 1 is 1.40 bits per heavy atom. The number of benzene rings is 1. The highest BCUT2D eigenvalue weighted by atomic mass is 19.1. The Balaban J connectivity index is 2.17. The van der Waals surface area contributed by atoms with Crippen LogP contribution < -0.4 is 5.32 Å². The third-order valence-corrected chi connectivity index (χ3v) is 2.83. The van der Waals surface area contributed by atoms with Gasteiger partial charge in [0.25, 0.3) is 0 Å². The van der Waals surface area contributed by atoms with Gasteiger partial charge in [0, 0.05) is 5.56 Å². The zero-order valence-electron chi connectivity index (χ0n) is 9.79. The number of carboxylic acids is 1. The van der Waals surface area contributed by atoms with E-state index in [4.69, 9.17) is 5.11 Å². The standard InChI is InChI=1S/C11H7F2N5O2/c12-5-1-2-7(13)6(3-5)9-4-8(10(19)20)14-11-15-16-17-18(9)11/h1-4,9H,(H,19,20)(H,14,15,17)/t9-/m0/s1. The van der Waals surface area contributed by atoms with Gasteiger partial charge in [0.2, 0.25) is 5.95 Å². The summed E-state index contributed by atoms with van der Waals surface area (Å²) in [6.07, 6.45) is 1.21. The van der Waals surface area contributed by atoms with Crippen LogP contribution in [0.1, 0.15) is 11.6 Å². The molecule has 2 N–H and O–H groups in total. The molecule has 3 rings (SSSR count). The molecule has 1 atom stereocenters. The fourth-order valence-electron chi connectivity index (χ4n) is 1.94. The number of anilines is 1. The summed E-state index contributed by atoms with van der Waals surface area (Å²) in [4.78, 5) is 11.0. The van der Waals surface area contributed by atoms with Crippen molar-refractivity contribution >= 4 is 11.9 Å². The SMILES string of the molecule is O=C(O)C1=C[C@@H](c2cc(F)ccc2F)n2nnnc2N1. The molecule has 1 aromatic heterocycles. The molecular formula is C11H7F2N5O2. The van der Waals surface area contributed by atoms with Crippen LogP contribution >= 0.6 is 0 Å². The molecular weight excluding hydrogens is 272 g/mol. The molecule has 0 radical (unpaired) electrons. The molecule has 0 unspecified atom stereocenters. The monoisotopic (exact) mass is 279 g/mol. The molecule has 0 saturated carbocycles. The number of tetrazole rings is 1. The van der Waals surface area contributed by atoms with Gasteiger partial charge >= 0.3 is 5.97 Å². The maximum absolute atomic E-state index is 13.8. The second-order valence-electron chi connectivity index (χ2n) is 4.07. The number of aromatic nitrogens is 4. The number of halogens is 2. The van der Waals surface area contributed by atoms with Crippen LogP contribution in [0, 0.1) is 11.6 Å². The Labute approximate surface area is 110 Å². The third-order valence-electron chi connectivity index (χ3n) is 2.83. The number of carbonyl (C=O) groups is 1. The number of rotatable bonds is 2. The van der Waals surface area contributed by atoms with Gasteiger partial charge in [0.15, 0.2) is 0 Å². The summed E-state index contributed by atoms with van der Waals surface area (Å²) in [7, 11) is 0. The fourth-order valence-corrected chi connectivity index (χ4v) is 1.94. The first-order valence-electron chi connectivity index (χ1n) is 5.51. The summed E-state index contributed by atoms with van der Waals surface area (Å²) in [5.74, 6) is -2.53. The van der Waals surface area contributed by atoms with E-state index in [2.05, 4.69) is 20.8 Å². The Morgan fingerprint density at radius 3 is 2.95 bits per heavy atom. The summed E-state index contributed by atoms with van der Waals surface area (Å²) in [6, 6.07) is 1.98. The first kappa shape index (κ1) is 12.2. The summed E-state index contributed by atoms with van der Waals surface area (Å²) >= 11 is 0. The van der Waals surface area contributed by atoms with Crippen LogP contribution in [-0.2, 0) is 4.79 Å². The van der Waals surface area contributed by atoms with Crippen LogP contribution in [0.3, 0.4) is 0 Å².